The second-order valence-electron chi connectivity index (χ2n) is 7.42. The first-order valence-corrected chi connectivity index (χ1v) is 11.5. The fourth-order valence-corrected chi connectivity index (χ4v) is 3.29. The number of aryl methyl sites for hydroxylation is 1. The van der Waals surface area contributed by atoms with Crippen LogP contribution in [0.25, 0.3) is 0 Å². The van der Waals surface area contributed by atoms with Gasteiger partial charge in [0, 0.05) is 30.5 Å². The summed E-state index contributed by atoms with van der Waals surface area (Å²) in [5.74, 6) is 1.20. The number of anilines is 2. The average Bonchev–Trinajstić information content (AvgIpc) is 2.72. The highest BCUT2D eigenvalue weighted by atomic mass is 35.5. The predicted octanol–water partition coefficient (Wildman–Crippen LogP) is 5.46. The molecule has 4 N–H and O–H groups in total. The largest absolute Gasteiger partial charge is 0.369 e. The van der Waals surface area contributed by atoms with Crippen LogP contribution in [0.5, 0.6) is 0 Å². The van der Waals surface area contributed by atoms with Crippen molar-refractivity contribution in [2.24, 2.45) is 10.7 Å². The molecule has 0 aliphatic carbocycles. The number of benzene rings is 1. The van der Waals surface area contributed by atoms with Gasteiger partial charge in [-0.15, -0.1) is 0 Å². The molecule has 0 atom stereocenters. The van der Waals surface area contributed by atoms with E-state index in [0.29, 0.717) is 21.7 Å². The quantitative estimate of drug-likeness (QED) is 0.284. The normalized spacial score (nSPS) is 11.7. The molecule has 0 aliphatic rings. The molecule has 0 amide bonds. The van der Waals surface area contributed by atoms with E-state index in [4.69, 9.17) is 28.9 Å². The molecule has 9 heteroatoms. The molecule has 0 spiro atoms. The maximum absolute atomic E-state index is 6.04. The van der Waals surface area contributed by atoms with E-state index in [0.717, 1.165) is 37.7 Å². The van der Waals surface area contributed by atoms with Gasteiger partial charge in [-0.1, -0.05) is 49.9 Å². The van der Waals surface area contributed by atoms with Crippen LogP contribution >= 0.6 is 23.2 Å². The molecule has 31 heavy (non-hydrogen) atoms. The van der Waals surface area contributed by atoms with Gasteiger partial charge in [-0.25, -0.2) is 4.98 Å². The summed E-state index contributed by atoms with van der Waals surface area (Å²) in [5.41, 5.74) is 7.51. The first kappa shape index (κ1) is 25.2. The van der Waals surface area contributed by atoms with Crippen LogP contribution in [0.15, 0.2) is 29.3 Å². The van der Waals surface area contributed by atoms with E-state index in [1.165, 1.54) is 25.7 Å². The Labute approximate surface area is 195 Å². The molecule has 0 unspecified atom stereocenters. The zero-order valence-electron chi connectivity index (χ0n) is 18.6. The maximum Gasteiger partial charge on any atom is 0.254 e. The predicted molar refractivity (Wildman–Crippen MR) is 133 cm³/mol. The van der Waals surface area contributed by atoms with Gasteiger partial charge in [0.05, 0.1) is 10.0 Å². The number of hydrogen-bond acceptors (Lipinski definition) is 5. The molecular formula is C22H33Cl2N7. The molecule has 7 nitrogen and oxygen atoms in total. The van der Waals surface area contributed by atoms with Gasteiger partial charge in [0.15, 0.2) is 0 Å². The number of guanidine groups is 1. The van der Waals surface area contributed by atoms with Crippen molar-refractivity contribution in [2.75, 3.05) is 36.8 Å². The Balaban J connectivity index is 1.98. The summed E-state index contributed by atoms with van der Waals surface area (Å²) < 4.78 is 0. The fourth-order valence-electron chi connectivity index (χ4n) is 2.99. The van der Waals surface area contributed by atoms with Crippen molar-refractivity contribution in [3.8, 4) is 0 Å². The van der Waals surface area contributed by atoms with E-state index in [9.17, 15) is 0 Å². The minimum atomic E-state index is 0.167. The SMILES string of the molecule is CCCCN(CCCC)CCNc1cc(C)nc(/N=C(\N)Nc2ccc(Cl)c(Cl)c2)n1. The molecule has 0 saturated heterocycles. The zero-order chi connectivity index (χ0) is 22.6. The lowest BCUT2D eigenvalue weighted by molar-refractivity contribution is 0.275. The summed E-state index contributed by atoms with van der Waals surface area (Å²) >= 11 is 12.0. The molecule has 0 radical (unpaired) electrons. The Hall–Kier alpha value is -2.09. The molecule has 2 rings (SSSR count). The number of nitrogens with one attached hydrogen (secondary N) is 2. The molecular weight excluding hydrogens is 433 g/mol. The van der Waals surface area contributed by atoms with Crippen molar-refractivity contribution in [3.05, 3.63) is 40.0 Å². The third-order valence-corrected chi connectivity index (χ3v) is 5.38. The van der Waals surface area contributed by atoms with Crippen LogP contribution in [-0.2, 0) is 0 Å². The Morgan fingerprint density at radius 1 is 1.03 bits per heavy atom. The van der Waals surface area contributed by atoms with Crippen LogP contribution in [-0.4, -0.2) is 47.0 Å². The smallest absolute Gasteiger partial charge is 0.254 e. The number of aliphatic imine (C=N–C) groups is 1. The lowest BCUT2D eigenvalue weighted by atomic mass is 10.2. The van der Waals surface area contributed by atoms with E-state index in [2.05, 4.69) is 44.3 Å². The lowest BCUT2D eigenvalue weighted by Crippen LogP contribution is -2.31. The Kier molecular flexibility index (Phi) is 10.8. The highest BCUT2D eigenvalue weighted by molar-refractivity contribution is 6.42. The van der Waals surface area contributed by atoms with Crippen molar-refractivity contribution in [1.29, 1.82) is 0 Å². The van der Waals surface area contributed by atoms with Crippen LogP contribution in [0.3, 0.4) is 0 Å². The highest BCUT2D eigenvalue weighted by Gasteiger charge is 2.07. The number of aromatic nitrogens is 2. The molecule has 0 saturated carbocycles. The van der Waals surface area contributed by atoms with Gasteiger partial charge in [0.25, 0.3) is 5.95 Å². The molecule has 170 valence electrons. The summed E-state index contributed by atoms with van der Waals surface area (Å²) in [6.45, 7) is 10.4. The van der Waals surface area contributed by atoms with Crippen molar-refractivity contribution in [3.63, 3.8) is 0 Å². The molecule has 0 aliphatic heterocycles. The lowest BCUT2D eigenvalue weighted by Gasteiger charge is -2.22. The Bertz CT molecular complexity index is 850. The second-order valence-corrected chi connectivity index (χ2v) is 8.24. The number of rotatable bonds is 12. The molecule has 0 fully saturated rings. The number of unbranched alkanes of at least 4 members (excludes halogenated alkanes) is 2. The van der Waals surface area contributed by atoms with Gasteiger partial charge in [0.2, 0.25) is 5.96 Å². The van der Waals surface area contributed by atoms with Gasteiger partial charge < -0.3 is 21.3 Å². The molecule has 0 bridgehead atoms. The minimum Gasteiger partial charge on any atom is -0.369 e. The number of halogens is 2. The van der Waals surface area contributed by atoms with Gasteiger partial charge in [-0.2, -0.15) is 9.98 Å². The summed E-state index contributed by atoms with van der Waals surface area (Å²) in [6, 6.07) is 7.04. The maximum atomic E-state index is 6.04. The Morgan fingerprint density at radius 2 is 1.74 bits per heavy atom. The Morgan fingerprint density at radius 3 is 2.39 bits per heavy atom. The van der Waals surface area contributed by atoms with Gasteiger partial charge in [0.1, 0.15) is 5.82 Å². The van der Waals surface area contributed by atoms with Gasteiger partial charge >= 0.3 is 0 Å². The minimum absolute atomic E-state index is 0.167. The summed E-state index contributed by atoms with van der Waals surface area (Å²) in [4.78, 5) is 15.6. The number of nitrogens with zero attached hydrogens (tertiary/aromatic N) is 4. The second kappa shape index (κ2) is 13.3. The van der Waals surface area contributed by atoms with Crippen molar-refractivity contribution < 1.29 is 0 Å². The zero-order valence-corrected chi connectivity index (χ0v) is 20.1. The van der Waals surface area contributed by atoms with E-state index >= 15 is 0 Å². The van der Waals surface area contributed by atoms with Crippen LogP contribution in [0, 0.1) is 6.92 Å². The first-order valence-electron chi connectivity index (χ1n) is 10.8. The van der Waals surface area contributed by atoms with E-state index < -0.39 is 0 Å². The molecule has 2 aromatic rings. The van der Waals surface area contributed by atoms with E-state index in [1.54, 1.807) is 18.2 Å². The topological polar surface area (TPSA) is 91.5 Å². The van der Waals surface area contributed by atoms with Crippen LogP contribution in [0.4, 0.5) is 17.5 Å². The average molecular weight is 466 g/mol. The number of nitrogens with two attached hydrogens (primary N) is 1. The standard InChI is InChI=1S/C22H33Cl2N7/c1-4-6-11-31(12-7-5-2)13-10-26-20-14-16(3)27-22(29-20)30-21(25)28-17-8-9-18(23)19(24)15-17/h8-9,14-15H,4-7,10-13H2,1-3H3,(H4,25,26,27,28,29,30). The summed E-state index contributed by atoms with van der Waals surface area (Å²) in [7, 11) is 0. The van der Waals surface area contributed by atoms with Crippen molar-refractivity contribution in [2.45, 2.75) is 46.5 Å². The van der Waals surface area contributed by atoms with Crippen molar-refractivity contribution >= 4 is 46.6 Å². The molecule has 1 heterocycles. The van der Waals surface area contributed by atoms with E-state index in [-0.39, 0.29) is 5.96 Å². The summed E-state index contributed by atoms with van der Waals surface area (Å²) in [5, 5.41) is 7.27. The van der Waals surface area contributed by atoms with E-state index in [1.807, 2.05) is 13.0 Å². The molecule has 1 aromatic heterocycles. The monoisotopic (exact) mass is 465 g/mol. The third kappa shape index (κ3) is 9.29. The van der Waals surface area contributed by atoms with Gasteiger partial charge in [-0.3, -0.25) is 0 Å². The van der Waals surface area contributed by atoms with Gasteiger partial charge in [-0.05, 0) is 51.1 Å². The van der Waals surface area contributed by atoms with Crippen LogP contribution in [0.2, 0.25) is 10.0 Å². The fraction of sp³-hybridized carbons (Fsp3) is 0.500. The molecule has 1 aromatic carbocycles. The summed E-state index contributed by atoms with van der Waals surface area (Å²) in [6.07, 6.45) is 4.86. The highest BCUT2D eigenvalue weighted by Crippen LogP contribution is 2.25. The number of hydrogen-bond donors (Lipinski definition) is 3. The van der Waals surface area contributed by atoms with Crippen molar-refractivity contribution in [1.82, 2.24) is 14.9 Å². The first-order chi connectivity index (χ1) is 14.9. The van der Waals surface area contributed by atoms with Crippen LogP contribution in [0.1, 0.15) is 45.2 Å². The third-order valence-electron chi connectivity index (χ3n) is 4.64. The van der Waals surface area contributed by atoms with Crippen LogP contribution < -0.4 is 16.4 Å².